The molecule has 25 heavy (non-hydrogen) atoms. The first kappa shape index (κ1) is 19.8. The number of hydrogen-bond acceptors (Lipinski definition) is 5. The summed E-state index contributed by atoms with van der Waals surface area (Å²) in [4.78, 5) is 14.5. The van der Waals surface area contributed by atoms with Crippen LogP contribution in [-0.4, -0.2) is 63.9 Å². The second-order valence-corrected chi connectivity index (χ2v) is 7.89. The molecular weight excluding hydrogens is 318 g/mol. The van der Waals surface area contributed by atoms with E-state index in [0.717, 1.165) is 5.56 Å². The zero-order valence-electron chi connectivity index (χ0n) is 15.4. The molecular formula is C19H31N3O3. The average molecular weight is 349 g/mol. The van der Waals surface area contributed by atoms with Gasteiger partial charge in [-0.15, -0.1) is 0 Å². The number of amides is 1. The molecule has 1 aromatic rings. The molecule has 0 bridgehead atoms. The van der Waals surface area contributed by atoms with Crippen LogP contribution in [0, 0.1) is 0 Å². The molecule has 1 aromatic carbocycles. The number of carbonyl (C=O) groups excluding carboxylic acids is 1. The summed E-state index contributed by atoms with van der Waals surface area (Å²) in [6.45, 7) is 6.66. The van der Waals surface area contributed by atoms with Crippen molar-refractivity contribution in [1.82, 2.24) is 10.2 Å². The van der Waals surface area contributed by atoms with Gasteiger partial charge in [0.1, 0.15) is 0 Å². The van der Waals surface area contributed by atoms with E-state index < -0.39 is 18.2 Å². The second kappa shape index (κ2) is 8.27. The van der Waals surface area contributed by atoms with Gasteiger partial charge in [0.25, 0.3) is 0 Å². The minimum absolute atomic E-state index is 0.109. The fourth-order valence-electron chi connectivity index (χ4n) is 3.30. The van der Waals surface area contributed by atoms with Gasteiger partial charge in [-0.1, -0.05) is 30.3 Å². The highest BCUT2D eigenvalue weighted by Gasteiger charge is 2.41. The van der Waals surface area contributed by atoms with Crippen molar-refractivity contribution in [3.8, 4) is 0 Å². The van der Waals surface area contributed by atoms with E-state index in [1.54, 1.807) is 0 Å². The predicted octanol–water partition coefficient (Wildman–Crippen LogP) is 0.267. The van der Waals surface area contributed by atoms with E-state index >= 15 is 0 Å². The van der Waals surface area contributed by atoms with Gasteiger partial charge in [0.15, 0.2) is 0 Å². The van der Waals surface area contributed by atoms with Crippen LogP contribution in [0.15, 0.2) is 30.3 Å². The highest BCUT2D eigenvalue weighted by Crippen LogP contribution is 2.26. The third-order valence-electron chi connectivity index (χ3n) is 4.74. The molecule has 1 fully saturated rings. The third kappa shape index (κ3) is 5.51. The monoisotopic (exact) mass is 349 g/mol. The lowest BCUT2D eigenvalue weighted by atomic mass is 10.0. The second-order valence-electron chi connectivity index (χ2n) is 7.89. The molecule has 6 heteroatoms. The quantitative estimate of drug-likeness (QED) is 0.591. The van der Waals surface area contributed by atoms with Gasteiger partial charge in [0.2, 0.25) is 5.91 Å². The SMILES string of the molecule is CC(C)(C)N1C[C@@H](O)C[C@H]1C(=O)NC[C@@H](O)[C@@H](N)Cc1ccccc1. The first-order valence-electron chi connectivity index (χ1n) is 8.88. The van der Waals surface area contributed by atoms with Gasteiger partial charge in [0.05, 0.1) is 18.2 Å². The zero-order valence-corrected chi connectivity index (χ0v) is 15.4. The van der Waals surface area contributed by atoms with Gasteiger partial charge in [-0.25, -0.2) is 0 Å². The lowest BCUT2D eigenvalue weighted by Gasteiger charge is -2.36. The number of nitrogens with zero attached hydrogens (tertiary/aromatic N) is 1. The van der Waals surface area contributed by atoms with Crippen molar-refractivity contribution in [3.05, 3.63) is 35.9 Å². The van der Waals surface area contributed by atoms with E-state index in [4.69, 9.17) is 5.73 Å². The number of benzene rings is 1. The van der Waals surface area contributed by atoms with Crippen LogP contribution in [0.4, 0.5) is 0 Å². The smallest absolute Gasteiger partial charge is 0.237 e. The number of hydrogen-bond donors (Lipinski definition) is 4. The first-order valence-corrected chi connectivity index (χ1v) is 8.88. The molecule has 0 aliphatic carbocycles. The van der Waals surface area contributed by atoms with Crippen molar-refractivity contribution >= 4 is 5.91 Å². The topological polar surface area (TPSA) is 98.8 Å². The van der Waals surface area contributed by atoms with Gasteiger partial charge >= 0.3 is 0 Å². The summed E-state index contributed by atoms with van der Waals surface area (Å²) in [6, 6.07) is 8.90. The van der Waals surface area contributed by atoms with Gasteiger partial charge in [-0.05, 0) is 39.2 Å². The Kier molecular flexibility index (Phi) is 6.57. The number of β-amino-alcohol motifs (C(OH)–C–C–N with tert-alkyl or cyclic N) is 1. The molecule has 140 valence electrons. The van der Waals surface area contributed by atoms with Gasteiger partial charge in [-0.2, -0.15) is 0 Å². The van der Waals surface area contributed by atoms with E-state index in [0.29, 0.717) is 19.4 Å². The van der Waals surface area contributed by atoms with Crippen LogP contribution in [0.3, 0.4) is 0 Å². The van der Waals surface area contributed by atoms with Crippen molar-refractivity contribution < 1.29 is 15.0 Å². The Morgan fingerprint density at radius 3 is 2.60 bits per heavy atom. The largest absolute Gasteiger partial charge is 0.392 e. The summed E-state index contributed by atoms with van der Waals surface area (Å²) in [5, 5.41) is 23.0. The van der Waals surface area contributed by atoms with Crippen molar-refractivity contribution in [2.75, 3.05) is 13.1 Å². The summed E-state index contributed by atoms with van der Waals surface area (Å²) >= 11 is 0. The molecule has 1 heterocycles. The Labute approximate surface area is 150 Å². The molecule has 0 spiro atoms. The maximum atomic E-state index is 12.5. The van der Waals surface area contributed by atoms with Crippen LogP contribution in [0.5, 0.6) is 0 Å². The number of likely N-dealkylation sites (tertiary alicyclic amines) is 1. The van der Waals surface area contributed by atoms with Gasteiger partial charge < -0.3 is 21.3 Å². The van der Waals surface area contributed by atoms with E-state index in [9.17, 15) is 15.0 Å². The molecule has 0 saturated carbocycles. The number of nitrogens with one attached hydrogen (secondary N) is 1. The Morgan fingerprint density at radius 2 is 2.00 bits per heavy atom. The fourth-order valence-corrected chi connectivity index (χ4v) is 3.30. The highest BCUT2D eigenvalue weighted by atomic mass is 16.3. The minimum atomic E-state index is -0.821. The Hall–Kier alpha value is -1.47. The predicted molar refractivity (Wildman–Crippen MR) is 98.0 cm³/mol. The van der Waals surface area contributed by atoms with Crippen molar-refractivity contribution in [2.45, 2.75) is 63.4 Å². The van der Waals surface area contributed by atoms with E-state index in [-0.39, 0.29) is 24.0 Å². The van der Waals surface area contributed by atoms with E-state index in [1.165, 1.54) is 0 Å². The number of aliphatic hydroxyl groups is 2. The number of carbonyl (C=O) groups is 1. The summed E-state index contributed by atoms with van der Waals surface area (Å²) in [6.07, 6.45) is -0.359. The molecule has 1 aliphatic rings. The molecule has 4 atom stereocenters. The first-order chi connectivity index (χ1) is 11.7. The average Bonchev–Trinajstić information content (AvgIpc) is 2.95. The lowest BCUT2D eigenvalue weighted by Crippen LogP contribution is -2.53. The van der Waals surface area contributed by atoms with Crippen LogP contribution in [0.2, 0.25) is 0 Å². The van der Waals surface area contributed by atoms with Crippen molar-refractivity contribution in [2.24, 2.45) is 5.73 Å². The van der Waals surface area contributed by atoms with Crippen LogP contribution >= 0.6 is 0 Å². The normalized spacial score (nSPS) is 24.1. The summed E-state index contributed by atoms with van der Waals surface area (Å²) in [5.41, 5.74) is 6.90. The molecule has 2 rings (SSSR count). The molecule has 1 aliphatic heterocycles. The Bertz CT molecular complexity index is 559. The van der Waals surface area contributed by atoms with Crippen molar-refractivity contribution in [3.63, 3.8) is 0 Å². The van der Waals surface area contributed by atoms with E-state index in [2.05, 4.69) is 5.32 Å². The summed E-state index contributed by atoms with van der Waals surface area (Å²) in [7, 11) is 0. The Morgan fingerprint density at radius 1 is 1.36 bits per heavy atom. The Balaban J connectivity index is 1.86. The molecule has 6 nitrogen and oxygen atoms in total. The maximum absolute atomic E-state index is 12.5. The third-order valence-corrected chi connectivity index (χ3v) is 4.74. The highest BCUT2D eigenvalue weighted by molar-refractivity contribution is 5.82. The van der Waals surface area contributed by atoms with Gasteiger partial charge in [-0.3, -0.25) is 9.69 Å². The number of nitrogens with two attached hydrogens (primary N) is 1. The molecule has 0 unspecified atom stereocenters. The fraction of sp³-hybridized carbons (Fsp3) is 0.632. The summed E-state index contributed by atoms with van der Waals surface area (Å²) < 4.78 is 0. The van der Waals surface area contributed by atoms with Gasteiger partial charge in [0, 0.05) is 24.7 Å². The molecule has 1 amide bonds. The van der Waals surface area contributed by atoms with Crippen LogP contribution in [0.1, 0.15) is 32.8 Å². The zero-order chi connectivity index (χ0) is 18.6. The number of aliphatic hydroxyl groups excluding tert-OH is 2. The minimum Gasteiger partial charge on any atom is -0.392 e. The van der Waals surface area contributed by atoms with Crippen LogP contribution < -0.4 is 11.1 Å². The molecule has 0 aromatic heterocycles. The lowest BCUT2D eigenvalue weighted by molar-refractivity contribution is -0.127. The van der Waals surface area contributed by atoms with Crippen LogP contribution in [-0.2, 0) is 11.2 Å². The van der Waals surface area contributed by atoms with Crippen molar-refractivity contribution in [1.29, 1.82) is 0 Å². The van der Waals surface area contributed by atoms with E-state index in [1.807, 2.05) is 56.0 Å². The standard InChI is InChI=1S/C19H31N3O3/c1-19(2,3)22-12-14(23)10-16(22)18(25)21-11-17(24)15(20)9-13-7-5-4-6-8-13/h4-8,14-17,23-24H,9-12,20H2,1-3H3,(H,21,25)/t14-,15-,16-,17+/m0/s1. The molecule has 0 radical (unpaired) electrons. The number of rotatable bonds is 6. The maximum Gasteiger partial charge on any atom is 0.237 e. The summed E-state index contributed by atoms with van der Waals surface area (Å²) in [5.74, 6) is -0.169. The van der Waals surface area contributed by atoms with Crippen LogP contribution in [0.25, 0.3) is 0 Å². The molecule has 5 N–H and O–H groups in total. The molecule has 1 saturated heterocycles.